The Labute approximate surface area is 197 Å². The first kappa shape index (κ1) is 22.7. The highest BCUT2D eigenvalue weighted by molar-refractivity contribution is 5.94. The first-order chi connectivity index (χ1) is 16.6. The molecule has 0 aliphatic rings. The molecule has 4 aromatic rings. The Morgan fingerprint density at radius 1 is 0.912 bits per heavy atom. The number of amides is 1. The summed E-state index contributed by atoms with van der Waals surface area (Å²) in [5.74, 6) is 0.00769. The van der Waals surface area contributed by atoms with Gasteiger partial charge >= 0.3 is 0 Å². The molecule has 0 atom stereocenters. The number of hydrogen-bond donors (Lipinski definition) is 0. The lowest BCUT2D eigenvalue weighted by atomic mass is 10.1. The number of rotatable bonds is 8. The molecule has 4 rings (SSSR count). The molecule has 5 nitrogen and oxygen atoms in total. The molecule has 0 saturated heterocycles. The zero-order valence-corrected chi connectivity index (χ0v) is 18.4. The summed E-state index contributed by atoms with van der Waals surface area (Å²) in [6.45, 7) is 0.878. The SMILES string of the molecule is N#Cc1ccc(CN(Cc2cccc(F)c2)C(=O)c2cccc(OCc3cccnc3)c2)cc1. The number of carbonyl (C=O) groups excluding carboxylic acids is 1. The van der Waals surface area contributed by atoms with Crippen LogP contribution in [-0.4, -0.2) is 15.8 Å². The number of aromatic nitrogens is 1. The fourth-order valence-electron chi connectivity index (χ4n) is 3.51. The van der Waals surface area contributed by atoms with E-state index < -0.39 is 0 Å². The van der Waals surface area contributed by atoms with Gasteiger partial charge in [-0.15, -0.1) is 0 Å². The zero-order valence-electron chi connectivity index (χ0n) is 18.4. The van der Waals surface area contributed by atoms with Crippen molar-refractivity contribution in [1.82, 2.24) is 9.88 Å². The predicted octanol–water partition coefficient (Wildman–Crippen LogP) is 5.51. The minimum Gasteiger partial charge on any atom is -0.489 e. The molecule has 1 aromatic heterocycles. The van der Waals surface area contributed by atoms with Crippen LogP contribution in [0.15, 0.2) is 97.3 Å². The highest BCUT2D eigenvalue weighted by Gasteiger charge is 2.18. The lowest BCUT2D eigenvalue weighted by Gasteiger charge is -2.23. The van der Waals surface area contributed by atoms with Gasteiger partial charge in [0.1, 0.15) is 18.2 Å². The van der Waals surface area contributed by atoms with Gasteiger partial charge in [-0.25, -0.2) is 4.39 Å². The largest absolute Gasteiger partial charge is 0.489 e. The summed E-state index contributed by atoms with van der Waals surface area (Å²) in [7, 11) is 0. The number of nitrogens with zero attached hydrogens (tertiary/aromatic N) is 3. The van der Waals surface area contributed by atoms with Crippen molar-refractivity contribution in [2.75, 3.05) is 0 Å². The molecular formula is C28H22FN3O2. The van der Waals surface area contributed by atoms with Crippen molar-refractivity contribution in [3.8, 4) is 11.8 Å². The fraction of sp³-hybridized carbons (Fsp3) is 0.107. The lowest BCUT2D eigenvalue weighted by Crippen LogP contribution is -2.30. The Kier molecular flexibility index (Phi) is 7.26. The van der Waals surface area contributed by atoms with Gasteiger partial charge in [0.15, 0.2) is 0 Å². The molecule has 0 saturated carbocycles. The molecule has 0 unspecified atom stereocenters. The maximum atomic E-state index is 13.8. The van der Waals surface area contributed by atoms with E-state index in [-0.39, 0.29) is 18.3 Å². The average molecular weight is 452 g/mol. The first-order valence-corrected chi connectivity index (χ1v) is 10.8. The monoisotopic (exact) mass is 451 g/mol. The van der Waals surface area contributed by atoms with Gasteiger partial charge in [-0.2, -0.15) is 5.26 Å². The zero-order chi connectivity index (χ0) is 23.8. The standard InChI is InChI=1S/C28H22FN3O2/c29-26-7-1-4-23(14-26)19-32(18-22-11-9-21(16-30)10-12-22)28(33)25-6-2-8-27(15-25)34-20-24-5-3-13-31-17-24/h1-15,17H,18-20H2. The maximum absolute atomic E-state index is 13.8. The Morgan fingerprint density at radius 2 is 1.68 bits per heavy atom. The van der Waals surface area contributed by atoms with Gasteiger partial charge in [0.25, 0.3) is 5.91 Å². The van der Waals surface area contributed by atoms with Crippen LogP contribution >= 0.6 is 0 Å². The van der Waals surface area contributed by atoms with E-state index in [0.717, 1.165) is 11.1 Å². The van der Waals surface area contributed by atoms with Crippen LogP contribution in [0.25, 0.3) is 0 Å². The van der Waals surface area contributed by atoms with Gasteiger partial charge in [0.2, 0.25) is 0 Å². The van der Waals surface area contributed by atoms with Crippen LogP contribution in [0.5, 0.6) is 5.75 Å². The normalized spacial score (nSPS) is 10.4. The van der Waals surface area contributed by atoms with E-state index in [4.69, 9.17) is 10.00 Å². The molecule has 168 valence electrons. The van der Waals surface area contributed by atoms with E-state index in [9.17, 15) is 9.18 Å². The smallest absolute Gasteiger partial charge is 0.254 e. The number of halogens is 1. The van der Waals surface area contributed by atoms with Crippen LogP contribution in [0.4, 0.5) is 4.39 Å². The Bertz CT molecular complexity index is 1300. The average Bonchev–Trinajstić information content (AvgIpc) is 2.88. The lowest BCUT2D eigenvalue weighted by molar-refractivity contribution is 0.0729. The van der Waals surface area contributed by atoms with Crippen molar-refractivity contribution in [2.24, 2.45) is 0 Å². The second-order valence-corrected chi connectivity index (χ2v) is 7.78. The van der Waals surface area contributed by atoms with E-state index in [1.807, 2.05) is 24.3 Å². The van der Waals surface area contributed by atoms with Gasteiger partial charge in [-0.1, -0.05) is 36.4 Å². The molecule has 0 aliphatic carbocycles. The van der Waals surface area contributed by atoms with Crippen molar-refractivity contribution < 1.29 is 13.9 Å². The molecule has 1 heterocycles. The predicted molar refractivity (Wildman–Crippen MR) is 126 cm³/mol. The summed E-state index contributed by atoms with van der Waals surface area (Å²) >= 11 is 0. The molecule has 0 radical (unpaired) electrons. The van der Waals surface area contributed by atoms with E-state index in [1.54, 1.807) is 65.8 Å². The summed E-state index contributed by atoms with van der Waals surface area (Å²) in [6, 6.07) is 26.1. The van der Waals surface area contributed by atoms with Gasteiger partial charge in [0, 0.05) is 36.6 Å². The van der Waals surface area contributed by atoms with Crippen LogP contribution in [0.3, 0.4) is 0 Å². The molecule has 34 heavy (non-hydrogen) atoms. The Hall–Kier alpha value is -4.50. The second-order valence-electron chi connectivity index (χ2n) is 7.78. The molecule has 0 bridgehead atoms. The summed E-state index contributed by atoms with van der Waals surface area (Å²) in [5.41, 5.74) is 3.49. The topological polar surface area (TPSA) is 66.2 Å². The number of carbonyl (C=O) groups is 1. The third-order valence-corrected chi connectivity index (χ3v) is 5.22. The van der Waals surface area contributed by atoms with Gasteiger partial charge in [0.05, 0.1) is 11.6 Å². The molecule has 0 aliphatic heterocycles. The summed E-state index contributed by atoms with van der Waals surface area (Å²) in [6.07, 6.45) is 3.43. The van der Waals surface area contributed by atoms with Gasteiger partial charge in [-0.05, 0) is 59.7 Å². The third kappa shape index (κ3) is 6.05. The van der Waals surface area contributed by atoms with Gasteiger partial charge < -0.3 is 9.64 Å². The highest BCUT2D eigenvalue weighted by Crippen LogP contribution is 2.20. The fourth-order valence-corrected chi connectivity index (χ4v) is 3.51. The van der Waals surface area contributed by atoms with E-state index >= 15 is 0 Å². The summed E-state index contributed by atoms with van der Waals surface area (Å²) < 4.78 is 19.6. The summed E-state index contributed by atoms with van der Waals surface area (Å²) in [4.78, 5) is 19.2. The van der Waals surface area contributed by atoms with Crippen molar-refractivity contribution in [1.29, 1.82) is 5.26 Å². The van der Waals surface area contributed by atoms with Crippen LogP contribution in [-0.2, 0) is 19.7 Å². The molecule has 1 amide bonds. The summed E-state index contributed by atoms with van der Waals surface area (Å²) in [5, 5.41) is 9.05. The Balaban J connectivity index is 1.55. The van der Waals surface area contributed by atoms with Crippen molar-refractivity contribution in [3.05, 3.63) is 131 Å². The van der Waals surface area contributed by atoms with Crippen LogP contribution in [0.2, 0.25) is 0 Å². The van der Waals surface area contributed by atoms with Crippen LogP contribution in [0.1, 0.15) is 32.6 Å². The number of hydrogen-bond acceptors (Lipinski definition) is 4. The number of pyridine rings is 1. The minimum atomic E-state index is -0.353. The van der Waals surface area contributed by atoms with Crippen molar-refractivity contribution >= 4 is 5.91 Å². The minimum absolute atomic E-state index is 0.208. The van der Waals surface area contributed by atoms with E-state index in [2.05, 4.69) is 11.1 Å². The highest BCUT2D eigenvalue weighted by atomic mass is 19.1. The van der Waals surface area contributed by atoms with Crippen molar-refractivity contribution in [3.63, 3.8) is 0 Å². The van der Waals surface area contributed by atoms with Crippen molar-refractivity contribution in [2.45, 2.75) is 19.7 Å². The second kappa shape index (κ2) is 10.9. The Morgan fingerprint density at radius 3 is 2.41 bits per heavy atom. The molecule has 0 spiro atoms. The maximum Gasteiger partial charge on any atom is 0.254 e. The van der Waals surface area contributed by atoms with E-state index in [0.29, 0.717) is 35.6 Å². The molecule has 6 heteroatoms. The van der Waals surface area contributed by atoms with Crippen LogP contribution in [0, 0.1) is 17.1 Å². The molecule has 0 N–H and O–H groups in total. The third-order valence-electron chi connectivity index (χ3n) is 5.22. The number of nitriles is 1. The molecular weight excluding hydrogens is 429 g/mol. The van der Waals surface area contributed by atoms with E-state index in [1.165, 1.54) is 12.1 Å². The quantitative estimate of drug-likeness (QED) is 0.354. The molecule has 0 fully saturated rings. The number of ether oxygens (including phenoxy) is 1. The first-order valence-electron chi connectivity index (χ1n) is 10.8. The number of benzene rings is 3. The molecule has 3 aromatic carbocycles. The van der Waals surface area contributed by atoms with Gasteiger partial charge in [-0.3, -0.25) is 9.78 Å². The van der Waals surface area contributed by atoms with Crippen LogP contribution < -0.4 is 4.74 Å².